The smallest absolute Gasteiger partial charge is 0.223 e. The van der Waals surface area contributed by atoms with Gasteiger partial charge in [0.2, 0.25) is 11.8 Å². The van der Waals surface area contributed by atoms with Crippen LogP contribution in [-0.2, 0) is 22.4 Å². The Morgan fingerprint density at radius 3 is 1.58 bits per heavy atom. The molecule has 2 aliphatic heterocycles. The monoisotopic (exact) mass is 853 g/mol. The number of carbonyl (C=O) groups is 2. The predicted molar refractivity (Wildman–Crippen MR) is 239 cm³/mol. The Morgan fingerprint density at radius 1 is 0.695 bits per heavy atom. The molecule has 2 aliphatic rings. The number of halogens is 5. The van der Waals surface area contributed by atoms with Gasteiger partial charge in [-0.05, 0) is 131 Å². The average molecular weight is 855 g/mol. The van der Waals surface area contributed by atoms with E-state index in [0.717, 1.165) is 66.6 Å². The molecule has 2 heterocycles. The molecule has 0 saturated carbocycles. The first kappa shape index (κ1) is 52.7. The molecule has 2 fully saturated rings. The minimum absolute atomic E-state index is 0.0972. The summed E-state index contributed by atoms with van der Waals surface area (Å²) in [4.78, 5) is 26.4. The first-order valence-corrected chi connectivity index (χ1v) is 21.2. The van der Waals surface area contributed by atoms with Crippen LogP contribution in [0.1, 0.15) is 108 Å². The van der Waals surface area contributed by atoms with Gasteiger partial charge >= 0.3 is 0 Å². The lowest BCUT2D eigenvalue weighted by molar-refractivity contribution is -0.130. The van der Waals surface area contributed by atoms with Crippen molar-refractivity contribution in [3.8, 4) is 6.07 Å². The summed E-state index contributed by atoms with van der Waals surface area (Å²) in [7, 11) is 0. The Kier molecular flexibility index (Phi) is 24.5. The fourth-order valence-corrected chi connectivity index (χ4v) is 6.49. The van der Waals surface area contributed by atoms with Gasteiger partial charge in [-0.15, -0.1) is 0 Å². The molecule has 1 unspecified atom stereocenters. The van der Waals surface area contributed by atoms with E-state index in [-0.39, 0.29) is 5.82 Å². The molecule has 6 rings (SSSR count). The highest BCUT2D eigenvalue weighted by Crippen LogP contribution is 2.21. The van der Waals surface area contributed by atoms with E-state index in [1.807, 2.05) is 74.8 Å². The lowest BCUT2D eigenvalue weighted by Gasteiger charge is -2.22. The number of hydrogen-bond donors (Lipinski definition) is 0. The fourth-order valence-electron chi connectivity index (χ4n) is 5.98. The van der Waals surface area contributed by atoms with Crippen LogP contribution < -0.4 is 0 Å². The van der Waals surface area contributed by atoms with Crippen LogP contribution in [0.5, 0.6) is 0 Å². The molecule has 322 valence electrons. The Morgan fingerprint density at radius 2 is 1.20 bits per heavy atom. The molecular weight excluding hydrogens is 790 g/mol. The summed E-state index contributed by atoms with van der Waals surface area (Å²) < 4.78 is 37.4. The highest BCUT2D eigenvalue weighted by atomic mass is 35.5. The highest BCUT2D eigenvalue weighted by molar-refractivity contribution is 6.31. The number of amides is 2. The topological polar surface area (TPSA) is 64.4 Å². The number of nitrogens with zero attached hydrogens (tertiary/aromatic N) is 3. The molecule has 0 aliphatic carbocycles. The van der Waals surface area contributed by atoms with Crippen molar-refractivity contribution in [3.05, 3.63) is 140 Å². The number of benzene rings is 4. The number of nitriles is 1. The van der Waals surface area contributed by atoms with Gasteiger partial charge in [-0.1, -0.05) is 100 Å². The highest BCUT2D eigenvalue weighted by Gasteiger charge is 2.29. The SMILES string of the molecule is CC(C)N1C[C@@H](C)CC1=O.CCC(C)N1C[C@@H](C)CC1=O.CCc1ccc(F)cc1F.CCc1ccccc1F.Cc1ccc(C#N)c(Cl)c1.Cc1ccc(C)c(Cl)c1. The molecule has 3 atom stereocenters. The number of rotatable bonds is 5. The van der Waals surface area contributed by atoms with Gasteiger partial charge in [-0.25, -0.2) is 13.2 Å². The van der Waals surface area contributed by atoms with Crippen molar-refractivity contribution in [2.45, 2.75) is 120 Å². The molecule has 10 heteroatoms. The maximum atomic E-state index is 12.6. The Hall–Kier alpha value is -4.32. The number of carbonyl (C=O) groups excluding carboxylic acids is 2. The second kappa shape index (κ2) is 27.4. The molecule has 2 amide bonds. The normalized spacial score (nSPS) is 15.8. The quantitative estimate of drug-likeness (QED) is 0.201. The summed E-state index contributed by atoms with van der Waals surface area (Å²) in [6.45, 7) is 24.3. The molecule has 0 radical (unpaired) electrons. The first-order chi connectivity index (χ1) is 27.8. The maximum Gasteiger partial charge on any atom is 0.223 e. The zero-order chi connectivity index (χ0) is 44.8. The van der Waals surface area contributed by atoms with E-state index in [1.165, 1.54) is 23.8 Å². The third-order valence-corrected chi connectivity index (χ3v) is 10.5. The van der Waals surface area contributed by atoms with Crippen LogP contribution in [0.3, 0.4) is 0 Å². The second-order valence-electron chi connectivity index (χ2n) is 15.4. The summed E-state index contributed by atoms with van der Waals surface area (Å²) in [5.41, 5.74) is 5.31. The largest absolute Gasteiger partial charge is 0.340 e. The van der Waals surface area contributed by atoms with Gasteiger partial charge in [0.1, 0.15) is 23.5 Å². The van der Waals surface area contributed by atoms with Gasteiger partial charge in [0.15, 0.2) is 0 Å². The second-order valence-corrected chi connectivity index (χ2v) is 16.3. The van der Waals surface area contributed by atoms with Crippen molar-refractivity contribution in [2.75, 3.05) is 13.1 Å². The molecule has 2 saturated heterocycles. The molecule has 5 nitrogen and oxygen atoms in total. The van der Waals surface area contributed by atoms with Gasteiger partial charge in [0.05, 0.1) is 10.6 Å². The molecule has 0 bridgehead atoms. The lowest BCUT2D eigenvalue weighted by Crippen LogP contribution is -2.33. The summed E-state index contributed by atoms with van der Waals surface area (Å²) in [5.74, 6) is 0.720. The third-order valence-electron chi connectivity index (χ3n) is 9.76. The number of aryl methyl sites for hydroxylation is 5. The predicted octanol–water partition coefficient (Wildman–Crippen LogP) is 13.3. The van der Waals surface area contributed by atoms with E-state index in [0.29, 0.717) is 58.3 Å². The van der Waals surface area contributed by atoms with Crippen LogP contribution in [0.4, 0.5) is 13.2 Å². The minimum atomic E-state index is -0.519. The summed E-state index contributed by atoms with van der Waals surface area (Å²) in [5, 5.41) is 9.86. The van der Waals surface area contributed by atoms with Crippen molar-refractivity contribution >= 4 is 35.0 Å². The summed E-state index contributed by atoms with van der Waals surface area (Å²) >= 11 is 11.5. The van der Waals surface area contributed by atoms with Crippen LogP contribution in [0.2, 0.25) is 10.0 Å². The minimum Gasteiger partial charge on any atom is -0.340 e. The van der Waals surface area contributed by atoms with Crippen LogP contribution in [0, 0.1) is 61.4 Å². The molecule has 59 heavy (non-hydrogen) atoms. The number of hydrogen-bond acceptors (Lipinski definition) is 3. The molecular formula is C49H64Cl2F3N3O2. The Labute approximate surface area is 362 Å². The molecule has 0 N–H and O–H groups in total. The van der Waals surface area contributed by atoms with Gasteiger partial charge in [-0.3, -0.25) is 9.59 Å². The van der Waals surface area contributed by atoms with Crippen molar-refractivity contribution in [1.29, 1.82) is 5.26 Å². The van der Waals surface area contributed by atoms with E-state index in [1.54, 1.807) is 24.3 Å². The van der Waals surface area contributed by atoms with Crippen LogP contribution in [-0.4, -0.2) is 46.8 Å². The summed E-state index contributed by atoms with van der Waals surface area (Å²) in [6.07, 6.45) is 3.94. The van der Waals surface area contributed by atoms with Gasteiger partial charge in [0.25, 0.3) is 0 Å². The maximum absolute atomic E-state index is 12.6. The van der Waals surface area contributed by atoms with Crippen molar-refractivity contribution in [1.82, 2.24) is 9.80 Å². The van der Waals surface area contributed by atoms with E-state index in [9.17, 15) is 22.8 Å². The van der Waals surface area contributed by atoms with E-state index in [4.69, 9.17) is 28.5 Å². The zero-order valence-electron chi connectivity index (χ0n) is 36.8. The van der Waals surface area contributed by atoms with Crippen LogP contribution in [0.25, 0.3) is 0 Å². The van der Waals surface area contributed by atoms with Gasteiger partial charge in [0, 0.05) is 49.1 Å². The standard InChI is InChI=1S/C9H17NO.C8H6ClN.C8H9Cl.C8H8F2.C8H9F.C8H15NO/c1-4-8(3)10-6-7(2)5-9(10)11;1-6-2-3-7(5-10)8(9)4-6;1-6-3-4-7(2)8(9)5-6;1-2-6-3-4-7(9)5-8(6)10;1-2-7-5-3-4-6-8(7)9;1-6(2)9-5-7(3)4-8(9)10/h7-8H,4-6H2,1-3H3;2-4H,1H3;3-5H,1-2H3;3-5H,2H2,1H3;3-6H,2H2,1H3;6-7H,4-5H2,1-3H3/t7-,8?;;;;;7-/m0....0/s1. The average Bonchev–Trinajstić information content (AvgIpc) is 3.72. The lowest BCUT2D eigenvalue weighted by atomic mass is 10.1. The zero-order valence-corrected chi connectivity index (χ0v) is 38.3. The van der Waals surface area contributed by atoms with E-state index >= 15 is 0 Å². The van der Waals surface area contributed by atoms with Crippen LogP contribution >= 0.6 is 23.2 Å². The Bertz CT molecular complexity index is 1950. The molecule has 0 spiro atoms. The fraction of sp³-hybridized carbons (Fsp3) is 0.449. The van der Waals surface area contributed by atoms with Gasteiger partial charge in [-0.2, -0.15) is 5.26 Å². The van der Waals surface area contributed by atoms with E-state index in [2.05, 4.69) is 47.6 Å². The number of likely N-dealkylation sites (tertiary alicyclic amines) is 2. The third kappa shape index (κ3) is 19.5. The van der Waals surface area contributed by atoms with Crippen LogP contribution in [0.15, 0.2) is 78.9 Å². The van der Waals surface area contributed by atoms with E-state index < -0.39 is 11.6 Å². The van der Waals surface area contributed by atoms with Crippen molar-refractivity contribution < 1.29 is 22.8 Å². The Balaban J connectivity index is 0.000000354. The van der Waals surface area contributed by atoms with Crippen molar-refractivity contribution in [2.24, 2.45) is 11.8 Å². The summed E-state index contributed by atoms with van der Waals surface area (Å²) in [6, 6.07) is 24.7. The molecule has 0 aromatic heterocycles. The van der Waals surface area contributed by atoms with Crippen molar-refractivity contribution in [3.63, 3.8) is 0 Å². The van der Waals surface area contributed by atoms with Gasteiger partial charge < -0.3 is 9.80 Å². The first-order valence-electron chi connectivity index (χ1n) is 20.4. The molecule has 4 aromatic carbocycles. The molecule has 4 aromatic rings.